The van der Waals surface area contributed by atoms with E-state index in [-0.39, 0.29) is 18.0 Å². The van der Waals surface area contributed by atoms with Gasteiger partial charge >= 0.3 is 6.36 Å². The highest BCUT2D eigenvalue weighted by atomic mass is 32.2. The van der Waals surface area contributed by atoms with Crippen LogP contribution in [0.3, 0.4) is 0 Å². The first-order valence-corrected chi connectivity index (χ1v) is 10.1. The molecule has 0 atom stereocenters. The van der Waals surface area contributed by atoms with E-state index in [1.807, 2.05) is 13.0 Å². The molecule has 3 rings (SSSR count). The van der Waals surface area contributed by atoms with E-state index in [9.17, 15) is 21.6 Å². The van der Waals surface area contributed by atoms with E-state index < -0.39 is 22.1 Å². The monoisotopic (exact) mass is 442 g/mol. The number of halogens is 3. The molecule has 0 aliphatic rings. The molecule has 2 aromatic heterocycles. The molecule has 30 heavy (non-hydrogen) atoms. The third-order valence-electron chi connectivity index (χ3n) is 3.70. The first kappa shape index (κ1) is 21.5. The number of aromatic nitrogens is 4. The molecule has 1 aromatic carbocycles. The van der Waals surface area contributed by atoms with E-state index in [4.69, 9.17) is 0 Å². The normalized spacial score (nSPS) is 12.0. The van der Waals surface area contributed by atoms with Gasteiger partial charge in [-0.1, -0.05) is 0 Å². The van der Waals surface area contributed by atoms with Gasteiger partial charge in [0.25, 0.3) is 0 Å². The average molecular weight is 442 g/mol. The molecular weight excluding hydrogens is 425 g/mol. The Bertz CT molecular complexity index is 1080. The number of anilines is 1. The molecule has 0 unspecified atom stereocenters. The lowest BCUT2D eigenvalue weighted by atomic mass is 10.3. The average Bonchev–Trinajstić information content (AvgIpc) is 3.11. The Morgan fingerprint density at radius 2 is 1.77 bits per heavy atom. The summed E-state index contributed by atoms with van der Waals surface area (Å²) in [6.07, 6.45) is -3.09. The van der Waals surface area contributed by atoms with Crippen LogP contribution < -0.4 is 14.8 Å². The fourth-order valence-electron chi connectivity index (χ4n) is 2.36. The summed E-state index contributed by atoms with van der Waals surface area (Å²) in [5.41, 5.74) is 0.841. The largest absolute Gasteiger partial charge is 0.573 e. The molecule has 0 spiro atoms. The van der Waals surface area contributed by atoms with Gasteiger partial charge in [0.2, 0.25) is 10.0 Å². The Kier molecular flexibility index (Phi) is 6.22. The molecule has 0 bridgehead atoms. The molecule has 2 N–H and O–H groups in total. The molecule has 160 valence electrons. The van der Waals surface area contributed by atoms with Crippen LogP contribution in [0.2, 0.25) is 0 Å². The Hall–Kier alpha value is -3.19. The maximum absolute atomic E-state index is 12.2. The second-order valence-corrected chi connectivity index (χ2v) is 7.79. The summed E-state index contributed by atoms with van der Waals surface area (Å²) in [5.74, 6) is 0.471. The van der Waals surface area contributed by atoms with Crippen LogP contribution in [0.15, 0.2) is 53.6 Å². The van der Waals surface area contributed by atoms with E-state index in [2.05, 4.69) is 30.1 Å². The zero-order valence-electron chi connectivity index (χ0n) is 15.6. The molecule has 13 heteroatoms. The quantitative estimate of drug-likeness (QED) is 0.515. The molecule has 0 aliphatic heterocycles. The van der Waals surface area contributed by atoms with E-state index in [1.165, 1.54) is 0 Å². The summed E-state index contributed by atoms with van der Waals surface area (Å²) in [5, 5.41) is 15.1. The number of nitrogens with one attached hydrogen (secondary N) is 2. The SMILES string of the molecule is Cc1ccn(-c2ccc(NCCNS(=O)(=O)c3ccc(OC(F)(F)F)cc3)nn2)n1. The van der Waals surface area contributed by atoms with Crippen molar-refractivity contribution in [1.82, 2.24) is 24.7 Å². The van der Waals surface area contributed by atoms with Crippen LogP contribution in [0.5, 0.6) is 5.75 Å². The Balaban J connectivity index is 1.49. The number of hydrogen-bond acceptors (Lipinski definition) is 7. The highest BCUT2D eigenvalue weighted by Gasteiger charge is 2.31. The number of hydrogen-bond donors (Lipinski definition) is 2. The van der Waals surface area contributed by atoms with Crippen molar-refractivity contribution in [2.24, 2.45) is 0 Å². The number of rotatable bonds is 8. The molecule has 0 radical (unpaired) electrons. The van der Waals surface area contributed by atoms with Crippen LogP contribution in [0.25, 0.3) is 5.82 Å². The van der Waals surface area contributed by atoms with E-state index in [0.717, 1.165) is 30.0 Å². The number of benzene rings is 1. The van der Waals surface area contributed by atoms with Crippen LogP contribution >= 0.6 is 0 Å². The van der Waals surface area contributed by atoms with Crippen molar-refractivity contribution in [2.75, 3.05) is 18.4 Å². The molecule has 0 saturated carbocycles. The topological polar surface area (TPSA) is 111 Å². The number of aryl methyl sites for hydroxylation is 1. The molecular formula is C17H17F3N6O3S. The van der Waals surface area contributed by atoms with Crippen molar-refractivity contribution in [3.05, 3.63) is 54.4 Å². The summed E-state index contributed by atoms with van der Waals surface area (Å²) in [6.45, 7) is 2.08. The van der Waals surface area contributed by atoms with Crippen molar-refractivity contribution in [3.8, 4) is 11.6 Å². The van der Waals surface area contributed by atoms with Gasteiger partial charge in [0.05, 0.1) is 10.6 Å². The standard InChI is InChI=1S/C17H17F3N6O3S/c1-12-8-11-26(25-12)16-7-6-15(23-24-16)21-9-10-22-30(27,28)14-4-2-13(3-5-14)29-17(18,19)20/h2-8,11,22H,9-10H2,1H3,(H,21,23). The number of nitrogens with zero attached hydrogens (tertiary/aromatic N) is 4. The maximum Gasteiger partial charge on any atom is 0.573 e. The Labute approximate surface area is 169 Å². The van der Waals surface area contributed by atoms with Gasteiger partial charge in [-0.3, -0.25) is 0 Å². The predicted molar refractivity (Wildman–Crippen MR) is 101 cm³/mol. The second kappa shape index (κ2) is 8.67. The van der Waals surface area contributed by atoms with E-state index >= 15 is 0 Å². The third kappa shape index (κ3) is 5.90. The minimum absolute atomic E-state index is 0.0188. The minimum atomic E-state index is -4.84. The lowest BCUT2D eigenvalue weighted by molar-refractivity contribution is -0.274. The van der Waals surface area contributed by atoms with Crippen molar-refractivity contribution in [3.63, 3.8) is 0 Å². The van der Waals surface area contributed by atoms with Crippen LogP contribution in [-0.2, 0) is 10.0 Å². The summed E-state index contributed by atoms with van der Waals surface area (Å²) in [6, 6.07) is 9.12. The van der Waals surface area contributed by atoms with Crippen molar-refractivity contribution < 1.29 is 26.3 Å². The minimum Gasteiger partial charge on any atom is -0.406 e. The zero-order valence-corrected chi connectivity index (χ0v) is 16.4. The molecule has 3 aromatic rings. The smallest absolute Gasteiger partial charge is 0.406 e. The molecule has 0 aliphatic carbocycles. The molecule has 2 heterocycles. The van der Waals surface area contributed by atoms with Gasteiger partial charge in [-0.05, 0) is 49.4 Å². The number of alkyl halides is 3. The summed E-state index contributed by atoms with van der Waals surface area (Å²) in [7, 11) is -3.89. The highest BCUT2D eigenvalue weighted by molar-refractivity contribution is 7.89. The lowest BCUT2D eigenvalue weighted by Crippen LogP contribution is -2.29. The molecule has 9 nitrogen and oxygen atoms in total. The Morgan fingerprint density at radius 1 is 1.03 bits per heavy atom. The fraction of sp³-hybridized carbons (Fsp3) is 0.235. The zero-order chi connectivity index (χ0) is 21.8. The van der Waals surface area contributed by atoms with Gasteiger partial charge < -0.3 is 10.1 Å². The van der Waals surface area contributed by atoms with Crippen molar-refractivity contribution in [2.45, 2.75) is 18.2 Å². The summed E-state index contributed by atoms with van der Waals surface area (Å²) >= 11 is 0. The fourth-order valence-corrected chi connectivity index (χ4v) is 3.40. The van der Waals surface area contributed by atoms with Gasteiger partial charge in [0.15, 0.2) is 5.82 Å². The van der Waals surface area contributed by atoms with Crippen LogP contribution in [0, 0.1) is 6.92 Å². The number of ether oxygens (including phenoxy) is 1. The highest BCUT2D eigenvalue weighted by Crippen LogP contribution is 2.23. The molecule has 0 saturated heterocycles. The predicted octanol–water partition coefficient (Wildman–Crippen LogP) is 2.26. The first-order valence-electron chi connectivity index (χ1n) is 8.58. The molecule has 0 fully saturated rings. The maximum atomic E-state index is 12.2. The Morgan fingerprint density at radius 3 is 2.33 bits per heavy atom. The summed E-state index contributed by atoms with van der Waals surface area (Å²) < 4.78 is 68.5. The van der Waals surface area contributed by atoms with Crippen LogP contribution in [-0.4, -0.2) is 47.8 Å². The van der Waals surface area contributed by atoms with E-state index in [1.54, 1.807) is 23.0 Å². The lowest BCUT2D eigenvalue weighted by Gasteiger charge is -2.10. The van der Waals surface area contributed by atoms with Gasteiger partial charge in [-0.15, -0.1) is 23.4 Å². The second-order valence-electron chi connectivity index (χ2n) is 6.02. The number of sulfonamides is 1. The van der Waals surface area contributed by atoms with E-state index in [0.29, 0.717) is 11.6 Å². The molecule has 0 amide bonds. The van der Waals surface area contributed by atoms with Gasteiger partial charge in [-0.2, -0.15) is 5.10 Å². The third-order valence-corrected chi connectivity index (χ3v) is 5.18. The van der Waals surface area contributed by atoms with Gasteiger partial charge in [-0.25, -0.2) is 17.8 Å². The first-order chi connectivity index (χ1) is 14.1. The summed E-state index contributed by atoms with van der Waals surface area (Å²) in [4.78, 5) is -0.185. The van der Waals surface area contributed by atoms with Crippen LogP contribution in [0.4, 0.5) is 19.0 Å². The van der Waals surface area contributed by atoms with Gasteiger partial charge in [0, 0.05) is 19.3 Å². The van der Waals surface area contributed by atoms with Gasteiger partial charge in [0.1, 0.15) is 11.6 Å². The van der Waals surface area contributed by atoms with Crippen molar-refractivity contribution in [1.29, 1.82) is 0 Å². The van der Waals surface area contributed by atoms with Crippen molar-refractivity contribution >= 4 is 15.8 Å². The van der Waals surface area contributed by atoms with Crippen LogP contribution in [0.1, 0.15) is 5.69 Å².